The Morgan fingerprint density at radius 3 is 2.43 bits per heavy atom. The summed E-state index contributed by atoms with van der Waals surface area (Å²) in [6, 6.07) is 2.90. The van der Waals surface area contributed by atoms with E-state index < -0.39 is 12.0 Å². The van der Waals surface area contributed by atoms with Crippen LogP contribution in [0, 0.1) is 13.8 Å². The zero-order valence-electron chi connectivity index (χ0n) is 13.0. The van der Waals surface area contributed by atoms with Gasteiger partial charge in [0.05, 0.1) is 19.1 Å². The maximum Gasteiger partial charge on any atom is 0.305 e. The van der Waals surface area contributed by atoms with Gasteiger partial charge in [0.25, 0.3) is 0 Å². The first-order valence-electron chi connectivity index (χ1n) is 7.14. The summed E-state index contributed by atoms with van der Waals surface area (Å²) in [5.41, 5.74) is 2.21. The highest BCUT2D eigenvalue weighted by Crippen LogP contribution is 2.24. The van der Waals surface area contributed by atoms with Gasteiger partial charge in [0.2, 0.25) is 0 Å². The van der Waals surface area contributed by atoms with Gasteiger partial charge in [-0.2, -0.15) is 0 Å². The summed E-state index contributed by atoms with van der Waals surface area (Å²) in [5.74, 6) is -0.428. The number of likely N-dealkylation sites (N-methyl/N-ethyl adjacent to an activating group) is 1. The molecular weight excluding hydrogens is 270 g/mol. The number of hydrogen-bond acceptors (Lipinski definition) is 4. The molecule has 0 aromatic heterocycles. The lowest BCUT2D eigenvalue weighted by atomic mass is 9.95. The Morgan fingerprint density at radius 2 is 1.90 bits per heavy atom. The second-order valence-electron chi connectivity index (χ2n) is 4.94. The number of carboxylic acids is 1. The van der Waals surface area contributed by atoms with E-state index >= 15 is 0 Å². The fourth-order valence-corrected chi connectivity index (χ4v) is 2.23. The maximum atomic E-state index is 12.5. The Morgan fingerprint density at radius 1 is 1.24 bits per heavy atom. The first kappa shape index (κ1) is 17.2. The number of carbonyl (C=O) groups is 2. The van der Waals surface area contributed by atoms with E-state index in [1.807, 2.05) is 33.8 Å². The summed E-state index contributed by atoms with van der Waals surface area (Å²) in [7, 11) is 0. The van der Waals surface area contributed by atoms with Crippen molar-refractivity contribution in [1.29, 1.82) is 0 Å². The van der Waals surface area contributed by atoms with Crippen molar-refractivity contribution < 1.29 is 19.4 Å². The lowest BCUT2D eigenvalue weighted by molar-refractivity contribution is -0.137. The molecular formula is C16H23NO4. The quantitative estimate of drug-likeness (QED) is 0.720. The van der Waals surface area contributed by atoms with Crippen LogP contribution in [0.4, 0.5) is 0 Å². The third-order valence-corrected chi connectivity index (χ3v) is 3.23. The van der Waals surface area contributed by atoms with E-state index in [1.54, 1.807) is 6.07 Å². The van der Waals surface area contributed by atoms with Gasteiger partial charge >= 0.3 is 5.97 Å². The number of benzene rings is 1. The monoisotopic (exact) mass is 293 g/mol. The number of ether oxygens (including phenoxy) is 1. The molecule has 0 aliphatic rings. The van der Waals surface area contributed by atoms with E-state index in [4.69, 9.17) is 9.84 Å². The van der Waals surface area contributed by atoms with Crippen LogP contribution in [0.1, 0.15) is 41.8 Å². The number of carbonyl (C=O) groups excluding carboxylic acids is 1. The topological polar surface area (TPSA) is 75.6 Å². The van der Waals surface area contributed by atoms with Crippen LogP contribution < -0.4 is 10.1 Å². The largest absolute Gasteiger partial charge is 0.494 e. The van der Waals surface area contributed by atoms with Crippen LogP contribution in [0.2, 0.25) is 0 Å². The van der Waals surface area contributed by atoms with Crippen LogP contribution in [0.5, 0.6) is 5.75 Å². The van der Waals surface area contributed by atoms with Gasteiger partial charge in [0.1, 0.15) is 5.75 Å². The molecule has 0 aliphatic heterocycles. The number of ketones is 1. The SMILES string of the molecule is CCNC(CC(=O)O)C(=O)c1cc(C)c(OCC)cc1C. The molecule has 116 valence electrons. The lowest BCUT2D eigenvalue weighted by Crippen LogP contribution is -2.38. The number of Topliss-reactive ketones (excluding diaryl/α,β-unsaturated/α-hetero) is 1. The van der Waals surface area contributed by atoms with Crippen molar-refractivity contribution in [1.82, 2.24) is 5.32 Å². The van der Waals surface area contributed by atoms with Crippen LogP contribution in [0.3, 0.4) is 0 Å². The normalized spacial score (nSPS) is 12.0. The van der Waals surface area contributed by atoms with Gasteiger partial charge in [-0.05, 0) is 50.6 Å². The van der Waals surface area contributed by atoms with Gasteiger partial charge in [0, 0.05) is 5.56 Å². The van der Waals surface area contributed by atoms with E-state index in [0.29, 0.717) is 18.7 Å². The van der Waals surface area contributed by atoms with Crippen LogP contribution in [-0.4, -0.2) is 36.1 Å². The first-order valence-corrected chi connectivity index (χ1v) is 7.14. The highest BCUT2D eigenvalue weighted by molar-refractivity contribution is 6.03. The standard InChI is InChI=1S/C16H23NO4/c1-5-17-13(9-15(18)19)16(20)12-7-11(4)14(21-6-2)8-10(12)3/h7-8,13,17H,5-6,9H2,1-4H3,(H,18,19). The molecule has 0 fully saturated rings. The zero-order chi connectivity index (χ0) is 16.0. The third kappa shape index (κ3) is 4.56. The zero-order valence-corrected chi connectivity index (χ0v) is 13.0. The predicted octanol–water partition coefficient (Wildman–Crippen LogP) is 2.34. The van der Waals surface area contributed by atoms with Crippen molar-refractivity contribution >= 4 is 11.8 Å². The highest BCUT2D eigenvalue weighted by atomic mass is 16.5. The van der Waals surface area contributed by atoms with E-state index in [-0.39, 0.29) is 12.2 Å². The molecule has 0 saturated heterocycles. The van der Waals surface area contributed by atoms with Crippen molar-refractivity contribution in [2.75, 3.05) is 13.2 Å². The molecule has 1 aromatic carbocycles. The Labute approximate surface area is 125 Å². The van der Waals surface area contributed by atoms with Crippen molar-refractivity contribution in [2.24, 2.45) is 0 Å². The number of nitrogens with one attached hydrogen (secondary N) is 1. The van der Waals surface area contributed by atoms with E-state index in [9.17, 15) is 9.59 Å². The summed E-state index contributed by atoms with van der Waals surface area (Å²) in [4.78, 5) is 23.4. The molecule has 0 amide bonds. The van der Waals surface area contributed by atoms with E-state index in [1.165, 1.54) is 0 Å². The summed E-state index contributed by atoms with van der Waals surface area (Å²) >= 11 is 0. The van der Waals surface area contributed by atoms with Crippen LogP contribution >= 0.6 is 0 Å². The van der Waals surface area contributed by atoms with Crippen LogP contribution in [-0.2, 0) is 4.79 Å². The fourth-order valence-electron chi connectivity index (χ4n) is 2.23. The van der Waals surface area contributed by atoms with E-state index in [0.717, 1.165) is 16.9 Å². The summed E-state index contributed by atoms with van der Waals surface area (Å²) in [5, 5.41) is 11.9. The van der Waals surface area contributed by atoms with Crippen LogP contribution in [0.15, 0.2) is 12.1 Å². The molecule has 2 N–H and O–H groups in total. The Hall–Kier alpha value is -1.88. The number of aliphatic carboxylic acids is 1. The molecule has 5 heteroatoms. The van der Waals surface area contributed by atoms with Crippen molar-refractivity contribution in [2.45, 2.75) is 40.2 Å². The second-order valence-corrected chi connectivity index (χ2v) is 4.94. The molecule has 0 bridgehead atoms. The molecule has 1 rings (SSSR count). The van der Waals surface area contributed by atoms with Gasteiger partial charge in [-0.25, -0.2) is 0 Å². The minimum Gasteiger partial charge on any atom is -0.494 e. The summed E-state index contributed by atoms with van der Waals surface area (Å²) < 4.78 is 5.50. The molecule has 0 radical (unpaired) electrons. The minimum absolute atomic E-state index is 0.192. The van der Waals surface area contributed by atoms with E-state index in [2.05, 4.69) is 5.32 Å². The van der Waals surface area contributed by atoms with Crippen molar-refractivity contribution in [3.8, 4) is 5.75 Å². The lowest BCUT2D eigenvalue weighted by Gasteiger charge is -2.17. The molecule has 0 aliphatic carbocycles. The van der Waals surface area contributed by atoms with Gasteiger partial charge in [0.15, 0.2) is 5.78 Å². The van der Waals surface area contributed by atoms with Gasteiger partial charge in [-0.3, -0.25) is 9.59 Å². The smallest absolute Gasteiger partial charge is 0.305 e. The number of aryl methyl sites for hydroxylation is 2. The molecule has 21 heavy (non-hydrogen) atoms. The molecule has 1 unspecified atom stereocenters. The number of rotatable bonds is 8. The Kier molecular flexibility index (Phi) is 6.37. The van der Waals surface area contributed by atoms with Gasteiger partial charge in [-0.1, -0.05) is 6.92 Å². The first-order chi connectivity index (χ1) is 9.90. The maximum absolute atomic E-state index is 12.5. The average Bonchev–Trinajstić information content (AvgIpc) is 2.41. The van der Waals surface area contributed by atoms with Gasteiger partial charge in [-0.15, -0.1) is 0 Å². The average molecular weight is 293 g/mol. The Bertz CT molecular complexity index is 525. The van der Waals surface area contributed by atoms with Crippen molar-refractivity contribution in [3.63, 3.8) is 0 Å². The summed E-state index contributed by atoms with van der Waals surface area (Å²) in [6.07, 6.45) is -0.224. The number of hydrogen-bond donors (Lipinski definition) is 2. The van der Waals surface area contributed by atoms with Crippen molar-refractivity contribution in [3.05, 3.63) is 28.8 Å². The van der Waals surface area contributed by atoms with Gasteiger partial charge < -0.3 is 15.2 Å². The highest BCUT2D eigenvalue weighted by Gasteiger charge is 2.24. The molecule has 1 aromatic rings. The number of carboxylic acid groups (broad SMARTS) is 1. The molecule has 5 nitrogen and oxygen atoms in total. The Balaban J connectivity index is 3.09. The third-order valence-electron chi connectivity index (χ3n) is 3.23. The van der Waals surface area contributed by atoms with Crippen LogP contribution in [0.25, 0.3) is 0 Å². The second kappa shape index (κ2) is 7.78. The summed E-state index contributed by atoms with van der Waals surface area (Å²) in [6.45, 7) is 8.56. The molecule has 0 spiro atoms. The predicted molar refractivity (Wildman–Crippen MR) is 81.1 cm³/mol. The molecule has 1 atom stereocenters. The molecule has 0 saturated carbocycles. The fraction of sp³-hybridized carbons (Fsp3) is 0.500. The molecule has 0 heterocycles. The minimum atomic E-state index is -0.991.